The zero-order valence-electron chi connectivity index (χ0n) is 10.9. The van der Waals surface area contributed by atoms with Crippen LogP contribution in [0.5, 0.6) is 0 Å². The number of hydrogen-bond donors (Lipinski definition) is 1. The second-order valence-electron chi connectivity index (χ2n) is 4.97. The van der Waals surface area contributed by atoms with Gasteiger partial charge in [-0.25, -0.2) is 4.39 Å². The lowest BCUT2D eigenvalue weighted by Crippen LogP contribution is -2.35. The first-order valence-corrected chi connectivity index (χ1v) is 6.36. The first-order valence-electron chi connectivity index (χ1n) is 6.36. The third kappa shape index (κ3) is 3.07. The monoisotopic (exact) mass is 250 g/mol. The molecule has 1 fully saturated rings. The molecule has 3 nitrogen and oxygen atoms in total. The van der Waals surface area contributed by atoms with Crippen LogP contribution in [-0.4, -0.2) is 29.9 Å². The van der Waals surface area contributed by atoms with Crippen molar-refractivity contribution >= 4 is 11.6 Å². The zero-order valence-corrected chi connectivity index (χ0v) is 10.9. The van der Waals surface area contributed by atoms with E-state index in [4.69, 9.17) is 0 Å². The summed E-state index contributed by atoms with van der Waals surface area (Å²) in [6, 6.07) is 4.89. The second-order valence-corrected chi connectivity index (χ2v) is 4.97. The molecule has 1 N–H and O–H groups in total. The summed E-state index contributed by atoms with van der Waals surface area (Å²) < 4.78 is 13.1. The van der Waals surface area contributed by atoms with Crippen LogP contribution in [0.3, 0.4) is 0 Å². The van der Waals surface area contributed by atoms with E-state index in [1.807, 2.05) is 6.92 Å². The van der Waals surface area contributed by atoms with Crippen LogP contribution in [0.25, 0.3) is 0 Å². The molecule has 1 atom stereocenters. The standard InChI is InChI=1S/C14H19FN2O/c1-10-5-6-12(15)8-13(10)16-14(18)9-17-7-3-4-11(17)2/h5-6,8,11H,3-4,7,9H2,1-2H3,(H,16,18)/t11-/m0/s1. The largest absolute Gasteiger partial charge is 0.325 e. The van der Waals surface area contributed by atoms with E-state index in [9.17, 15) is 9.18 Å². The highest BCUT2D eigenvalue weighted by molar-refractivity contribution is 5.93. The smallest absolute Gasteiger partial charge is 0.238 e. The second kappa shape index (κ2) is 5.48. The summed E-state index contributed by atoms with van der Waals surface area (Å²) in [4.78, 5) is 14.1. The van der Waals surface area contributed by atoms with Gasteiger partial charge in [0, 0.05) is 11.7 Å². The molecule has 0 radical (unpaired) electrons. The molecule has 1 aromatic rings. The number of likely N-dealkylation sites (tertiary alicyclic amines) is 1. The molecule has 0 unspecified atom stereocenters. The number of rotatable bonds is 3. The highest BCUT2D eigenvalue weighted by Crippen LogP contribution is 2.18. The average Bonchev–Trinajstić information content (AvgIpc) is 2.70. The fourth-order valence-corrected chi connectivity index (χ4v) is 2.33. The topological polar surface area (TPSA) is 32.3 Å². The Bertz CT molecular complexity index is 447. The summed E-state index contributed by atoms with van der Waals surface area (Å²) in [6.45, 7) is 5.34. The Hall–Kier alpha value is -1.42. The quantitative estimate of drug-likeness (QED) is 0.894. The fourth-order valence-electron chi connectivity index (χ4n) is 2.33. The number of nitrogens with zero attached hydrogens (tertiary/aromatic N) is 1. The summed E-state index contributed by atoms with van der Waals surface area (Å²) >= 11 is 0. The number of nitrogens with one attached hydrogen (secondary N) is 1. The van der Waals surface area contributed by atoms with Gasteiger partial charge in [-0.3, -0.25) is 9.69 Å². The lowest BCUT2D eigenvalue weighted by atomic mass is 10.2. The molecule has 1 aromatic carbocycles. The van der Waals surface area contributed by atoms with E-state index >= 15 is 0 Å². The van der Waals surface area contributed by atoms with E-state index in [2.05, 4.69) is 17.1 Å². The number of halogens is 1. The van der Waals surface area contributed by atoms with E-state index in [0.717, 1.165) is 24.9 Å². The van der Waals surface area contributed by atoms with Gasteiger partial charge >= 0.3 is 0 Å². The summed E-state index contributed by atoms with van der Waals surface area (Å²) in [5, 5.41) is 2.78. The number of aryl methyl sites for hydroxylation is 1. The van der Waals surface area contributed by atoms with E-state index in [-0.39, 0.29) is 11.7 Å². The normalized spacial score (nSPS) is 20.1. The maximum atomic E-state index is 13.1. The van der Waals surface area contributed by atoms with Crippen molar-refractivity contribution in [1.82, 2.24) is 4.90 Å². The Kier molecular flexibility index (Phi) is 3.97. The molecule has 98 valence electrons. The molecular formula is C14H19FN2O. The number of anilines is 1. The third-order valence-electron chi connectivity index (χ3n) is 3.51. The number of benzene rings is 1. The Morgan fingerprint density at radius 3 is 3.00 bits per heavy atom. The van der Waals surface area contributed by atoms with Crippen LogP contribution < -0.4 is 5.32 Å². The average molecular weight is 250 g/mol. The van der Waals surface area contributed by atoms with Gasteiger partial charge in [0.15, 0.2) is 0 Å². The van der Waals surface area contributed by atoms with Crippen molar-refractivity contribution in [2.45, 2.75) is 32.7 Å². The summed E-state index contributed by atoms with van der Waals surface area (Å²) in [5.74, 6) is -0.400. The Morgan fingerprint density at radius 2 is 2.33 bits per heavy atom. The van der Waals surface area contributed by atoms with Crippen LogP contribution in [0.4, 0.5) is 10.1 Å². The molecule has 0 aromatic heterocycles. The van der Waals surface area contributed by atoms with Gasteiger partial charge in [-0.1, -0.05) is 6.07 Å². The highest BCUT2D eigenvalue weighted by Gasteiger charge is 2.22. The highest BCUT2D eigenvalue weighted by atomic mass is 19.1. The molecule has 0 aliphatic carbocycles. The van der Waals surface area contributed by atoms with Crippen LogP contribution in [-0.2, 0) is 4.79 Å². The molecule has 18 heavy (non-hydrogen) atoms. The molecule has 4 heteroatoms. The van der Waals surface area contributed by atoms with Gasteiger partial charge in [-0.05, 0) is 50.9 Å². The number of carbonyl (C=O) groups is 1. The minimum absolute atomic E-state index is 0.0718. The molecule has 0 bridgehead atoms. The molecule has 2 rings (SSSR count). The van der Waals surface area contributed by atoms with Crippen LogP contribution in [0.15, 0.2) is 18.2 Å². The van der Waals surface area contributed by atoms with Gasteiger partial charge in [-0.15, -0.1) is 0 Å². The first kappa shape index (κ1) is 13.0. The molecule has 1 amide bonds. The Balaban J connectivity index is 1.96. The van der Waals surface area contributed by atoms with Gasteiger partial charge in [-0.2, -0.15) is 0 Å². The molecule has 0 saturated carbocycles. The van der Waals surface area contributed by atoms with Crippen molar-refractivity contribution in [3.05, 3.63) is 29.6 Å². The van der Waals surface area contributed by atoms with Gasteiger partial charge < -0.3 is 5.32 Å². The fraction of sp³-hybridized carbons (Fsp3) is 0.500. The SMILES string of the molecule is Cc1ccc(F)cc1NC(=O)CN1CCC[C@@H]1C. The molecule has 1 heterocycles. The van der Waals surface area contributed by atoms with Crippen molar-refractivity contribution < 1.29 is 9.18 Å². The van der Waals surface area contributed by atoms with E-state index < -0.39 is 0 Å². The molecule has 1 aliphatic heterocycles. The van der Waals surface area contributed by atoms with Crippen molar-refractivity contribution in [3.63, 3.8) is 0 Å². The molecular weight excluding hydrogens is 231 g/mol. The lowest BCUT2D eigenvalue weighted by Gasteiger charge is -2.20. The molecule has 0 spiro atoms. The van der Waals surface area contributed by atoms with Crippen LogP contribution >= 0.6 is 0 Å². The van der Waals surface area contributed by atoms with Crippen LogP contribution in [0.2, 0.25) is 0 Å². The third-order valence-corrected chi connectivity index (χ3v) is 3.51. The van der Waals surface area contributed by atoms with Crippen molar-refractivity contribution in [2.24, 2.45) is 0 Å². The van der Waals surface area contributed by atoms with E-state index in [1.165, 1.54) is 12.1 Å². The van der Waals surface area contributed by atoms with Crippen molar-refractivity contribution in [2.75, 3.05) is 18.4 Å². The maximum absolute atomic E-state index is 13.1. The number of amides is 1. The zero-order chi connectivity index (χ0) is 13.1. The van der Waals surface area contributed by atoms with Crippen LogP contribution in [0, 0.1) is 12.7 Å². The number of carbonyl (C=O) groups excluding carboxylic acids is 1. The van der Waals surface area contributed by atoms with Crippen LogP contribution in [0.1, 0.15) is 25.3 Å². The minimum atomic E-state index is -0.328. The van der Waals surface area contributed by atoms with Gasteiger partial charge in [0.05, 0.1) is 6.54 Å². The van der Waals surface area contributed by atoms with Crippen molar-refractivity contribution in [1.29, 1.82) is 0 Å². The van der Waals surface area contributed by atoms with Gasteiger partial charge in [0.2, 0.25) is 5.91 Å². The Morgan fingerprint density at radius 1 is 1.56 bits per heavy atom. The lowest BCUT2D eigenvalue weighted by molar-refractivity contribution is -0.117. The Labute approximate surface area is 107 Å². The van der Waals surface area contributed by atoms with E-state index in [1.54, 1.807) is 6.07 Å². The molecule has 1 saturated heterocycles. The summed E-state index contributed by atoms with van der Waals surface area (Å²) in [6.07, 6.45) is 2.29. The summed E-state index contributed by atoms with van der Waals surface area (Å²) in [5.41, 5.74) is 1.44. The molecule has 1 aliphatic rings. The van der Waals surface area contributed by atoms with Gasteiger partial charge in [0.25, 0.3) is 0 Å². The predicted molar refractivity (Wildman–Crippen MR) is 70.0 cm³/mol. The number of hydrogen-bond acceptors (Lipinski definition) is 2. The van der Waals surface area contributed by atoms with E-state index in [0.29, 0.717) is 18.3 Å². The van der Waals surface area contributed by atoms with Crippen molar-refractivity contribution in [3.8, 4) is 0 Å². The minimum Gasteiger partial charge on any atom is -0.325 e. The summed E-state index contributed by atoms with van der Waals surface area (Å²) in [7, 11) is 0. The predicted octanol–water partition coefficient (Wildman–Crippen LogP) is 2.56. The first-order chi connectivity index (χ1) is 8.56. The van der Waals surface area contributed by atoms with Gasteiger partial charge in [0.1, 0.15) is 5.82 Å². The maximum Gasteiger partial charge on any atom is 0.238 e.